The van der Waals surface area contributed by atoms with Crippen LogP contribution in [-0.4, -0.2) is 22.4 Å². The third kappa shape index (κ3) is 0.772. The van der Waals surface area contributed by atoms with E-state index < -0.39 is 0 Å². The number of rotatable bonds is 0. The predicted octanol–water partition coefficient (Wildman–Crippen LogP) is 2.25. The summed E-state index contributed by atoms with van der Waals surface area (Å²) in [7, 11) is 0. The molecule has 2 aliphatic carbocycles. The first-order valence-electron chi connectivity index (χ1n) is 5.92. The maximum Gasteiger partial charge on any atom is 0.121 e. The number of epoxide rings is 1. The van der Waals surface area contributed by atoms with Gasteiger partial charge in [0.2, 0.25) is 0 Å². The standard InChI is InChI=1S/C12H20O2/c1-10-6-3-4-7-12(10)11(2,14-12)9(13)5-8-10/h9,13H,3-8H2,1-2H3/t9?,10-,11?,12+/m0/s1. The third-order valence-corrected chi connectivity index (χ3v) is 5.23. The SMILES string of the molecule is CC12O[C@@]13CCCC[C@@]3(C)CCC2O. The number of aliphatic hydroxyl groups excluding tert-OH is 1. The van der Waals surface area contributed by atoms with Crippen molar-refractivity contribution in [3.8, 4) is 0 Å². The van der Waals surface area contributed by atoms with Gasteiger partial charge in [0.05, 0.1) is 6.10 Å². The van der Waals surface area contributed by atoms with Crippen molar-refractivity contribution in [3.63, 3.8) is 0 Å². The van der Waals surface area contributed by atoms with Gasteiger partial charge in [0.1, 0.15) is 11.2 Å². The van der Waals surface area contributed by atoms with Crippen LogP contribution in [0, 0.1) is 5.41 Å². The van der Waals surface area contributed by atoms with Crippen molar-refractivity contribution >= 4 is 0 Å². The molecule has 0 bridgehead atoms. The summed E-state index contributed by atoms with van der Waals surface area (Å²) in [6, 6.07) is 0. The van der Waals surface area contributed by atoms with Crippen molar-refractivity contribution in [1.29, 1.82) is 0 Å². The van der Waals surface area contributed by atoms with Crippen LogP contribution in [0.15, 0.2) is 0 Å². The van der Waals surface area contributed by atoms with Crippen LogP contribution in [-0.2, 0) is 4.74 Å². The van der Waals surface area contributed by atoms with Gasteiger partial charge in [0.15, 0.2) is 0 Å². The Morgan fingerprint density at radius 3 is 2.64 bits per heavy atom. The highest BCUT2D eigenvalue weighted by Gasteiger charge is 2.78. The zero-order valence-electron chi connectivity index (χ0n) is 9.18. The summed E-state index contributed by atoms with van der Waals surface area (Å²) in [5.41, 5.74) is 0.176. The highest BCUT2D eigenvalue weighted by Crippen LogP contribution is 2.70. The molecule has 2 heteroatoms. The molecular weight excluding hydrogens is 176 g/mol. The van der Waals surface area contributed by atoms with Gasteiger partial charge < -0.3 is 9.84 Å². The molecule has 1 spiro atoms. The van der Waals surface area contributed by atoms with E-state index in [2.05, 4.69) is 13.8 Å². The van der Waals surface area contributed by atoms with Crippen LogP contribution in [0.1, 0.15) is 52.4 Å². The Kier molecular flexibility index (Phi) is 1.54. The minimum Gasteiger partial charge on any atom is -0.390 e. The Labute approximate surface area is 85.6 Å². The average Bonchev–Trinajstić information content (AvgIpc) is 2.77. The van der Waals surface area contributed by atoms with E-state index in [-0.39, 0.29) is 17.3 Å². The van der Waals surface area contributed by atoms with Crippen molar-refractivity contribution in [2.75, 3.05) is 0 Å². The minimum atomic E-state index is -0.228. The topological polar surface area (TPSA) is 32.8 Å². The van der Waals surface area contributed by atoms with Gasteiger partial charge in [-0.15, -0.1) is 0 Å². The first kappa shape index (κ1) is 9.17. The van der Waals surface area contributed by atoms with Crippen molar-refractivity contribution in [2.45, 2.75) is 69.7 Å². The second-order valence-corrected chi connectivity index (χ2v) is 5.86. The van der Waals surface area contributed by atoms with Crippen LogP contribution >= 0.6 is 0 Å². The molecule has 3 fully saturated rings. The van der Waals surface area contributed by atoms with E-state index in [1.54, 1.807) is 0 Å². The van der Waals surface area contributed by atoms with E-state index in [9.17, 15) is 5.11 Å². The molecule has 1 aliphatic heterocycles. The molecule has 0 aromatic rings. The van der Waals surface area contributed by atoms with Gasteiger partial charge in [-0.2, -0.15) is 0 Å². The molecule has 2 unspecified atom stereocenters. The molecule has 0 aromatic carbocycles. The lowest BCUT2D eigenvalue weighted by Gasteiger charge is -2.46. The summed E-state index contributed by atoms with van der Waals surface area (Å²) in [5.74, 6) is 0. The Hall–Kier alpha value is -0.0800. The molecule has 4 atom stereocenters. The molecular formula is C12H20O2. The van der Waals surface area contributed by atoms with Crippen molar-refractivity contribution in [3.05, 3.63) is 0 Å². The van der Waals surface area contributed by atoms with Gasteiger partial charge in [-0.25, -0.2) is 0 Å². The van der Waals surface area contributed by atoms with Gasteiger partial charge in [0, 0.05) is 0 Å². The summed E-state index contributed by atoms with van der Waals surface area (Å²) >= 11 is 0. The lowest BCUT2D eigenvalue weighted by molar-refractivity contribution is 0.0122. The highest BCUT2D eigenvalue weighted by atomic mass is 16.6. The molecule has 0 amide bonds. The second-order valence-electron chi connectivity index (χ2n) is 5.86. The minimum absolute atomic E-state index is 0.0376. The van der Waals surface area contributed by atoms with E-state index in [0.29, 0.717) is 5.41 Å². The molecule has 1 heterocycles. The molecule has 14 heavy (non-hydrogen) atoms. The smallest absolute Gasteiger partial charge is 0.121 e. The average molecular weight is 196 g/mol. The van der Waals surface area contributed by atoms with E-state index in [0.717, 1.165) is 19.3 Å². The normalized spacial score (nSPS) is 61.5. The van der Waals surface area contributed by atoms with Gasteiger partial charge in [-0.1, -0.05) is 19.8 Å². The molecule has 80 valence electrons. The fourth-order valence-corrected chi connectivity index (χ4v) is 4.15. The molecule has 3 aliphatic rings. The number of aliphatic hydroxyl groups is 1. The zero-order valence-corrected chi connectivity index (χ0v) is 9.18. The molecule has 2 nitrogen and oxygen atoms in total. The third-order valence-electron chi connectivity index (χ3n) is 5.23. The predicted molar refractivity (Wildman–Crippen MR) is 54.0 cm³/mol. The van der Waals surface area contributed by atoms with Crippen molar-refractivity contribution < 1.29 is 9.84 Å². The quantitative estimate of drug-likeness (QED) is 0.603. The lowest BCUT2D eigenvalue weighted by Crippen LogP contribution is -2.51. The second kappa shape index (κ2) is 2.35. The van der Waals surface area contributed by atoms with Crippen LogP contribution in [0.25, 0.3) is 0 Å². The molecule has 0 aromatic heterocycles. The van der Waals surface area contributed by atoms with Gasteiger partial charge in [-0.05, 0) is 38.0 Å². The monoisotopic (exact) mass is 196 g/mol. The Morgan fingerprint density at radius 1 is 1.14 bits per heavy atom. The molecule has 0 radical (unpaired) electrons. The lowest BCUT2D eigenvalue weighted by atomic mass is 9.56. The fourth-order valence-electron chi connectivity index (χ4n) is 4.15. The van der Waals surface area contributed by atoms with Gasteiger partial charge in [0.25, 0.3) is 0 Å². The van der Waals surface area contributed by atoms with E-state index in [1.807, 2.05) is 0 Å². The maximum atomic E-state index is 10.0. The van der Waals surface area contributed by atoms with Crippen LogP contribution < -0.4 is 0 Å². The van der Waals surface area contributed by atoms with Crippen LogP contribution in [0.5, 0.6) is 0 Å². The van der Waals surface area contributed by atoms with Crippen LogP contribution in [0.3, 0.4) is 0 Å². The van der Waals surface area contributed by atoms with Gasteiger partial charge >= 0.3 is 0 Å². The molecule has 3 rings (SSSR count). The summed E-state index contributed by atoms with van der Waals surface area (Å²) in [6.45, 7) is 4.48. The highest BCUT2D eigenvalue weighted by molar-refractivity contribution is 5.27. The van der Waals surface area contributed by atoms with Crippen molar-refractivity contribution in [2.24, 2.45) is 5.41 Å². The van der Waals surface area contributed by atoms with E-state index in [1.165, 1.54) is 19.3 Å². The van der Waals surface area contributed by atoms with E-state index in [4.69, 9.17) is 4.74 Å². The van der Waals surface area contributed by atoms with Crippen molar-refractivity contribution in [1.82, 2.24) is 0 Å². The molecule has 1 N–H and O–H groups in total. The van der Waals surface area contributed by atoms with Crippen LogP contribution in [0.4, 0.5) is 0 Å². The zero-order chi connectivity index (χ0) is 10.0. The Bertz CT molecular complexity index is 277. The first-order chi connectivity index (χ1) is 6.54. The number of hydrogen-bond acceptors (Lipinski definition) is 2. The molecule has 2 saturated carbocycles. The Morgan fingerprint density at radius 2 is 1.86 bits per heavy atom. The summed E-state index contributed by atoms with van der Waals surface area (Å²) < 4.78 is 6.02. The molecule has 1 saturated heterocycles. The fraction of sp³-hybridized carbons (Fsp3) is 1.00. The number of hydrogen-bond donors (Lipinski definition) is 1. The largest absolute Gasteiger partial charge is 0.390 e. The maximum absolute atomic E-state index is 10.0. The summed E-state index contributed by atoms with van der Waals surface area (Å²) in [6.07, 6.45) is 6.91. The summed E-state index contributed by atoms with van der Waals surface area (Å²) in [4.78, 5) is 0. The Balaban J connectivity index is 1.99. The first-order valence-corrected chi connectivity index (χ1v) is 5.92. The van der Waals surface area contributed by atoms with E-state index >= 15 is 0 Å². The van der Waals surface area contributed by atoms with Crippen LogP contribution in [0.2, 0.25) is 0 Å². The number of ether oxygens (including phenoxy) is 1. The summed E-state index contributed by atoms with van der Waals surface area (Å²) in [5, 5.41) is 10.0. The van der Waals surface area contributed by atoms with Gasteiger partial charge in [-0.3, -0.25) is 0 Å².